The number of thiocarbonyl (C=S) groups is 1. The predicted molar refractivity (Wildman–Crippen MR) is 131 cm³/mol. The fourth-order valence-corrected chi connectivity index (χ4v) is 3.91. The molecule has 0 bridgehead atoms. The molecule has 1 heterocycles. The molecule has 4 heteroatoms. The minimum Gasteiger partial charge on any atom is -0.867 e. The predicted octanol–water partition coefficient (Wildman–Crippen LogP) is 5.18. The molecule has 0 aliphatic rings. The highest BCUT2D eigenvalue weighted by molar-refractivity contribution is 7.81. The second-order valence-electron chi connectivity index (χ2n) is 7.75. The number of hydrogen-bond donors (Lipinski definition) is 1. The van der Waals surface area contributed by atoms with E-state index in [2.05, 4.69) is 17.4 Å². The van der Waals surface area contributed by atoms with Gasteiger partial charge in [0.2, 0.25) is 5.70 Å². The number of rotatable bonds is 4. The topological polar surface area (TPSA) is 39.0 Å². The highest BCUT2D eigenvalue weighted by Crippen LogP contribution is 2.25. The number of pyridine rings is 1. The second kappa shape index (κ2) is 8.70. The van der Waals surface area contributed by atoms with Gasteiger partial charge < -0.3 is 10.4 Å². The molecule has 0 saturated carbocycles. The molecule has 0 amide bonds. The van der Waals surface area contributed by atoms with Crippen molar-refractivity contribution in [3.8, 4) is 0 Å². The van der Waals surface area contributed by atoms with E-state index in [1.165, 1.54) is 0 Å². The number of aryl methyl sites for hydroxylation is 3. The molecule has 0 saturated heterocycles. The minimum absolute atomic E-state index is 0.114. The Morgan fingerprint density at radius 1 is 0.871 bits per heavy atom. The molecule has 3 aromatic carbocycles. The van der Waals surface area contributed by atoms with Gasteiger partial charge in [0.25, 0.3) is 0 Å². The molecule has 1 N–H and O–H groups in total. The smallest absolute Gasteiger partial charge is 0.238 e. The third-order valence-electron chi connectivity index (χ3n) is 5.44. The maximum atomic E-state index is 13.6. The van der Waals surface area contributed by atoms with E-state index < -0.39 is 0 Å². The van der Waals surface area contributed by atoms with Gasteiger partial charge in [0.1, 0.15) is 0 Å². The Kier molecular flexibility index (Phi) is 5.83. The maximum absolute atomic E-state index is 13.6. The zero-order valence-corrected chi connectivity index (χ0v) is 18.7. The highest BCUT2D eigenvalue weighted by atomic mass is 32.1. The largest absolute Gasteiger partial charge is 0.867 e. The SMILES string of the molecule is Cc1ccc[n+](C(C(=S)Nc2cccc3ccccc23)=C([O-])c2ccc(C)c(C)c2)c1. The van der Waals surface area contributed by atoms with E-state index >= 15 is 0 Å². The first kappa shape index (κ1) is 20.8. The van der Waals surface area contributed by atoms with E-state index in [1.807, 2.05) is 98.4 Å². The van der Waals surface area contributed by atoms with Crippen LogP contribution in [0.15, 0.2) is 85.2 Å². The van der Waals surface area contributed by atoms with E-state index in [0.717, 1.165) is 33.2 Å². The molecular weight excluding hydrogens is 400 g/mol. The Balaban J connectivity index is 1.84. The summed E-state index contributed by atoms with van der Waals surface area (Å²) in [7, 11) is 0. The third kappa shape index (κ3) is 4.35. The van der Waals surface area contributed by atoms with Crippen molar-refractivity contribution in [1.29, 1.82) is 0 Å². The van der Waals surface area contributed by atoms with Crippen LogP contribution in [0.1, 0.15) is 22.3 Å². The Morgan fingerprint density at radius 2 is 1.65 bits per heavy atom. The quantitative estimate of drug-likeness (QED) is 0.212. The number of nitrogens with one attached hydrogen (secondary N) is 1. The molecule has 0 unspecified atom stereocenters. The molecule has 31 heavy (non-hydrogen) atoms. The molecular formula is C27H24N2OS. The molecule has 0 aliphatic heterocycles. The summed E-state index contributed by atoms with van der Waals surface area (Å²) in [6.45, 7) is 6.05. The number of anilines is 1. The first-order valence-electron chi connectivity index (χ1n) is 10.2. The fourth-order valence-electron chi connectivity index (χ4n) is 3.61. The molecule has 4 rings (SSSR count). The molecule has 3 nitrogen and oxygen atoms in total. The lowest BCUT2D eigenvalue weighted by molar-refractivity contribution is -0.578. The summed E-state index contributed by atoms with van der Waals surface area (Å²) >= 11 is 5.79. The Labute approximate surface area is 188 Å². The van der Waals surface area contributed by atoms with Crippen molar-refractivity contribution in [3.05, 3.63) is 107 Å². The maximum Gasteiger partial charge on any atom is 0.238 e. The summed E-state index contributed by atoms with van der Waals surface area (Å²) in [5, 5.41) is 19.1. The lowest BCUT2D eigenvalue weighted by Gasteiger charge is -2.18. The number of fused-ring (bicyclic) bond motifs is 1. The molecule has 0 fully saturated rings. The van der Waals surface area contributed by atoms with Gasteiger partial charge in [-0.1, -0.05) is 66.8 Å². The van der Waals surface area contributed by atoms with Gasteiger partial charge in [0.05, 0.1) is 0 Å². The van der Waals surface area contributed by atoms with Crippen molar-refractivity contribution in [1.82, 2.24) is 0 Å². The highest BCUT2D eigenvalue weighted by Gasteiger charge is 2.20. The zero-order chi connectivity index (χ0) is 22.0. The Bertz CT molecular complexity index is 1320. The summed E-state index contributed by atoms with van der Waals surface area (Å²) in [4.78, 5) is 0.384. The fraction of sp³-hybridized carbons (Fsp3) is 0.111. The number of nitrogens with zero attached hydrogens (tertiary/aromatic N) is 1. The average Bonchev–Trinajstić information content (AvgIpc) is 2.76. The molecule has 0 spiro atoms. The molecule has 1 aromatic heterocycles. The first-order chi connectivity index (χ1) is 14.9. The van der Waals surface area contributed by atoms with Gasteiger partial charge in [0, 0.05) is 22.7 Å². The molecule has 154 valence electrons. The van der Waals surface area contributed by atoms with E-state index in [0.29, 0.717) is 16.2 Å². The number of aromatic nitrogens is 1. The minimum atomic E-state index is -0.114. The average molecular weight is 425 g/mol. The van der Waals surface area contributed by atoms with Crippen LogP contribution in [0.3, 0.4) is 0 Å². The Morgan fingerprint density at radius 3 is 2.42 bits per heavy atom. The summed E-state index contributed by atoms with van der Waals surface area (Å²) in [5.74, 6) is -0.114. The number of benzene rings is 3. The molecule has 0 atom stereocenters. The summed E-state index contributed by atoms with van der Waals surface area (Å²) in [6, 6.07) is 23.8. The van der Waals surface area contributed by atoms with Crippen LogP contribution in [0.25, 0.3) is 22.2 Å². The van der Waals surface area contributed by atoms with E-state index in [9.17, 15) is 5.11 Å². The van der Waals surface area contributed by atoms with Crippen LogP contribution < -0.4 is 15.0 Å². The molecule has 0 radical (unpaired) electrons. The van der Waals surface area contributed by atoms with E-state index in [4.69, 9.17) is 12.2 Å². The monoisotopic (exact) mass is 424 g/mol. The summed E-state index contributed by atoms with van der Waals surface area (Å²) in [6.07, 6.45) is 3.78. The van der Waals surface area contributed by atoms with Crippen LogP contribution >= 0.6 is 12.2 Å². The lowest BCUT2D eigenvalue weighted by atomic mass is 10.0. The normalized spacial score (nSPS) is 11.8. The van der Waals surface area contributed by atoms with Gasteiger partial charge in [-0.25, -0.2) is 0 Å². The van der Waals surface area contributed by atoms with Gasteiger partial charge in [0.15, 0.2) is 17.4 Å². The van der Waals surface area contributed by atoms with Crippen LogP contribution in [-0.2, 0) is 0 Å². The van der Waals surface area contributed by atoms with Crippen molar-refractivity contribution in [3.63, 3.8) is 0 Å². The Hall–Kier alpha value is -3.50. The van der Waals surface area contributed by atoms with Gasteiger partial charge >= 0.3 is 0 Å². The van der Waals surface area contributed by atoms with Crippen LogP contribution in [0.4, 0.5) is 5.69 Å². The van der Waals surface area contributed by atoms with Gasteiger partial charge in [-0.15, -0.1) is 0 Å². The van der Waals surface area contributed by atoms with Crippen molar-refractivity contribution >= 4 is 45.1 Å². The standard InChI is InChI=1S/C27H24N2OS/c1-18-8-7-15-29(17-18)25(26(30)22-14-13-19(2)20(3)16-22)27(31)28-24-12-6-10-21-9-4-5-11-23(21)24/h4-17H,1-3H3,(H-,28,30,31). The van der Waals surface area contributed by atoms with Crippen molar-refractivity contribution in [2.45, 2.75) is 20.8 Å². The second-order valence-corrected chi connectivity index (χ2v) is 8.15. The van der Waals surface area contributed by atoms with Crippen LogP contribution in [-0.4, -0.2) is 4.99 Å². The van der Waals surface area contributed by atoms with Crippen LogP contribution in [0.5, 0.6) is 0 Å². The van der Waals surface area contributed by atoms with E-state index in [1.54, 1.807) is 0 Å². The third-order valence-corrected chi connectivity index (χ3v) is 5.74. The van der Waals surface area contributed by atoms with Crippen molar-refractivity contribution in [2.75, 3.05) is 5.32 Å². The van der Waals surface area contributed by atoms with Crippen molar-refractivity contribution < 1.29 is 9.67 Å². The molecule has 4 aromatic rings. The van der Waals surface area contributed by atoms with Gasteiger partial charge in [-0.3, -0.25) is 0 Å². The van der Waals surface area contributed by atoms with Crippen LogP contribution in [0.2, 0.25) is 0 Å². The van der Waals surface area contributed by atoms with Crippen LogP contribution in [0, 0.1) is 20.8 Å². The van der Waals surface area contributed by atoms with Crippen molar-refractivity contribution in [2.24, 2.45) is 0 Å². The number of hydrogen-bond acceptors (Lipinski definition) is 2. The van der Waals surface area contributed by atoms with E-state index in [-0.39, 0.29) is 5.76 Å². The molecule has 0 aliphatic carbocycles. The zero-order valence-electron chi connectivity index (χ0n) is 17.8. The lowest BCUT2D eigenvalue weighted by Crippen LogP contribution is -2.40. The summed E-state index contributed by atoms with van der Waals surface area (Å²) < 4.78 is 1.81. The van der Waals surface area contributed by atoms with Gasteiger partial charge in [-0.2, -0.15) is 4.57 Å². The first-order valence-corrected chi connectivity index (χ1v) is 10.6. The van der Waals surface area contributed by atoms with Gasteiger partial charge in [-0.05, 0) is 60.7 Å². The summed E-state index contributed by atoms with van der Waals surface area (Å²) in [5.41, 5.74) is 5.19.